The third-order valence-electron chi connectivity index (χ3n) is 8.83. The highest BCUT2D eigenvalue weighted by molar-refractivity contribution is 7.92. The molecule has 48 heavy (non-hydrogen) atoms. The van der Waals surface area contributed by atoms with E-state index in [2.05, 4.69) is 19.9 Å². The minimum absolute atomic E-state index is 0.0332. The molecule has 15 heteroatoms. The Morgan fingerprint density at radius 3 is 2.56 bits per heavy atom. The molecule has 1 aliphatic carbocycles. The number of likely N-dealkylation sites (N-methyl/N-ethyl adjacent to an activating group) is 1. The molecule has 2 aromatic carbocycles. The molecule has 1 atom stereocenters. The van der Waals surface area contributed by atoms with Gasteiger partial charge in [-0.1, -0.05) is 6.07 Å². The maximum Gasteiger partial charge on any atom is 0.407 e. The molecule has 0 unspecified atom stereocenters. The summed E-state index contributed by atoms with van der Waals surface area (Å²) < 4.78 is 72.6. The number of carboxylic acid groups (broad SMARTS) is 1. The molecule has 0 spiro atoms. The number of amides is 1. The molecule has 2 aromatic heterocycles. The van der Waals surface area contributed by atoms with Gasteiger partial charge in [0, 0.05) is 43.4 Å². The Balaban J connectivity index is 1.35. The number of halogens is 3. The maximum absolute atomic E-state index is 16.3. The molecular weight excluding hydrogens is 666 g/mol. The lowest BCUT2D eigenvalue weighted by Gasteiger charge is -2.30. The number of hydrogen-bond acceptors (Lipinski definition) is 8. The standard InChI is InChI=1S/C33H35F3N6O4S2/c1-19(41(2)33(43)44)18-38-28-16-21(10-13-37-28)31-30(39-32(47-31)20-11-14-42(15-12-20)23-7-8-23)24-4-3-5-26(29(24)36)40-48(45,46)27-17-22(34)6-9-25(27)35/h3-6,9-10,13,16-17,19-20,23,40H,7-8,11-12,14-15,18H2,1-2H3,(H,37,38)(H,43,44)/t19-/m0/s1. The van der Waals surface area contributed by atoms with Crippen LogP contribution in [-0.2, 0) is 10.0 Å². The highest BCUT2D eigenvalue weighted by Crippen LogP contribution is 2.44. The number of hydrogen-bond donors (Lipinski definition) is 3. The van der Waals surface area contributed by atoms with Gasteiger partial charge in [0.2, 0.25) is 0 Å². The summed E-state index contributed by atoms with van der Waals surface area (Å²) in [6, 6.07) is 10.1. The van der Waals surface area contributed by atoms with Crippen molar-refractivity contribution in [2.24, 2.45) is 0 Å². The minimum atomic E-state index is -4.68. The van der Waals surface area contributed by atoms with E-state index in [1.54, 1.807) is 25.3 Å². The van der Waals surface area contributed by atoms with Crippen molar-refractivity contribution in [3.05, 3.63) is 77.2 Å². The number of benzene rings is 2. The summed E-state index contributed by atoms with van der Waals surface area (Å²) in [5, 5.41) is 13.3. The first kappa shape index (κ1) is 33.7. The molecule has 2 fully saturated rings. The molecule has 2 aliphatic rings. The van der Waals surface area contributed by atoms with Crippen LogP contribution in [0.5, 0.6) is 0 Å². The summed E-state index contributed by atoms with van der Waals surface area (Å²) in [7, 11) is -3.20. The Bertz CT molecular complexity index is 1930. The number of sulfonamides is 1. The maximum atomic E-state index is 16.3. The van der Waals surface area contributed by atoms with Crippen LogP contribution < -0.4 is 10.0 Å². The third kappa shape index (κ3) is 7.27. The van der Waals surface area contributed by atoms with Gasteiger partial charge in [-0.25, -0.2) is 36.4 Å². The van der Waals surface area contributed by atoms with Crippen LogP contribution in [0.25, 0.3) is 21.7 Å². The van der Waals surface area contributed by atoms with Crippen LogP contribution in [-0.4, -0.2) is 78.2 Å². The summed E-state index contributed by atoms with van der Waals surface area (Å²) in [6.07, 6.45) is 4.81. The van der Waals surface area contributed by atoms with Crippen molar-refractivity contribution in [3.63, 3.8) is 0 Å². The predicted octanol–water partition coefficient (Wildman–Crippen LogP) is 6.84. The lowest BCUT2D eigenvalue weighted by atomic mass is 9.97. The van der Waals surface area contributed by atoms with Crippen molar-refractivity contribution in [1.82, 2.24) is 19.8 Å². The van der Waals surface area contributed by atoms with E-state index >= 15 is 4.39 Å². The number of nitrogens with zero attached hydrogens (tertiary/aromatic N) is 4. The first-order valence-electron chi connectivity index (χ1n) is 15.6. The zero-order valence-corrected chi connectivity index (χ0v) is 27.9. The van der Waals surface area contributed by atoms with Gasteiger partial charge < -0.3 is 20.2 Å². The Labute approximate surface area is 280 Å². The quantitative estimate of drug-likeness (QED) is 0.155. The van der Waals surface area contributed by atoms with Gasteiger partial charge in [-0.05, 0) is 93.7 Å². The van der Waals surface area contributed by atoms with E-state index in [9.17, 15) is 27.1 Å². The number of likely N-dealkylation sites (tertiary alicyclic amines) is 1. The summed E-state index contributed by atoms with van der Waals surface area (Å²) in [6.45, 7) is 3.96. The van der Waals surface area contributed by atoms with Gasteiger partial charge in [0.1, 0.15) is 22.3 Å². The normalized spacial score (nSPS) is 16.4. The number of carbonyl (C=O) groups is 1. The molecule has 1 saturated carbocycles. The Hall–Kier alpha value is -4.21. The van der Waals surface area contributed by atoms with E-state index < -0.39 is 44.2 Å². The van der Waals surface area contributed by atoms with Gasteiger partial charge in [-0.2, -0.15) is 0 Å². The van der Waals surface area contributed by atoms with Crippen molar-refractivity contribution in [2.45, 2.75) is 55.5 Å². The number of aromatic nitrogens is 2. The summed E-state index contributed by atoms with van der Waals surface area (Å²) in [5.74, 6) is -2.41. The lowest BCUT2D eigenvalue weighted by Crippen LogP contribution is -2.38. The van der Waals surface area contributed by atoms with Crippen molar-refractivity contribution >= 4 is 39.0 Å². The number of anilines is 2. The number of nitrogens with one attached hydrogen (secondary N) is 2. The van der Waals surface area contributed by atoms with Crippen molar-refractivity contribution in [3.8, 4) is 21.7 Å². The van der Waals surface area contributed by atoms with Crippen molar-refractivity contribution in [2.75, 3.05) is 36.7 Å². The van der Waals surface area contributed by atoms with Gasteiger partial charge >= 0.3 is 6.09 Å². The van der Waals surface area contributed by atoms with Crippen LogP contribution in [0.2, 0.25) is 0 Å². The largest absolute Gasteiger partial charge is 0.465 e. The second-order valence-corrected chi connectivity index (χ2v) is 14.9. The minimum Gasteiger partial charge on any atom is -0.465 e. The predicted molar refractivity (Wildman–Crippen MR) is 178 cm³/mol. The van der Waals surface area contributed by atoms with Crippen LogP contribution in [0.4, 0.5) is 29.5 Å². The van der Waals surface area contributed by atoms with Crippen molar-refractivity contribution in [1.29, 1.82) is 0 Å². The highest BCUT2D eigenvalue weighted by atomic mass is 32.2. The molecule has 10 nitrogen and oxygen atoms in total. The average molecular weight is 701 g/mol. The topological polar surface area (TPSA) is 128 Å². The number of pyridine rings is 1. The molecule has 1 aliphatic heterocycles. The SMILES string of the molecule is C[C@@H](CNc1cc(-c2sc(C3CCN(C4CC4)CC3)nc2-c2cccc(NS(=O)(=O)c3cc(F)ccc3F)c2F)ccn1)N(C)C(=O)O. The van der Waals surface area contributed by atoms with Gasteiger partial charge in [0.15, 0.2) is 5.82 Å². The average Bonchev–Trinajstić information content (AvgIpc) is 3.83. The van der Waals surface area contributed by atoms with E-state index in [0.29, 0.717) is 46.7 Å². The lowest BCUT2D eigenvalue weighted by molar-refractivity contribution is 0.144. The first-order chi connectivity index (χ1) is 22.9. The smallest absolute Gasteiger partial charge is 0.407 e. The fraction of sp³-hybridized carbons (Fsp3) is 0.364. The highest BCUT2D eigenvalue weighted by Gasteiger charge is 2.34. The van der Waals surface area contributed by atoms with Crippen LogP contribution >= 0.6 is 11.3 Å². The molecule has 1 saturated heterocycles. The van der Waals surface area contributed by atoms with E-state index in [0.717, 1.165) is 37.0 Å². The zero-order chi connectivity index (χ0) is 34.2. The molecule has 0 bridgehead atoms. The molecule has 3 heterocycles. The molecule has 0 radical (unpaired) electrons. The Morgan fingerprint density at radius 1 is 1.10 bits per heavy atom. The fourth-order valence-corrected chi connectivity index (χ4v) is 8.16. The van der Waals surface area contributed by atoms with Gasteiger partial charge in [-0.3, -0.25) is 4.72 Å². The van der Waals surface area contributed by atoms with Crippen LogP contribution in [0, 0.1) is 17.5 Å². The molecular formula is C33H35F3N6O4S2. The zero-order valence-electron chi connectivity index (χ0n) is 26.3. The monoisotopic (exact) mass is 700 g/mol. The summed E-state index contributed by atoms with van der Waals surface area (Å²) >= 11 is 1.44. The van der Waals surface area contributed by atoms with Crippen molar-refractivity contribution < 1.29 is 31.5 Å². The summed E-state index contributed by atoms with van der Waals surface area (Å²) in [5.41, 5.74) is 0.591. The number of thiazole rings is 1. The molecule has 6 rings (SSSR count). The molecule has 4 aromatic rings. The third-order valence-corrected chi connectivity index (χ3v) is 11.5. The fourth-order valence-electron chi connectivity index (χ4n) is 5.76. The molecule has 3 N–H and O–H groups in total. The number of rotatable bonds is 11. The van der Waals surface area contributed by atoms with Crippen LogP contribution in [0.1, 0.15) is 43.5 Å². The second kappa shape index (κ2) is 13.7. The second-order valence-electron chi connectivity index (χ2n) is 12.2. The Morgan fingerprint density at radius 2 is 1.85 bits per heavy atom. The van der Waals surface area contributed by atoms with E-state index in [1.807, 2.05) is 0 Å². The van der Waals surface area contributed by atoms with Gasteiger partial charge in [0.05, 0.1) is 21.3 Å². The number of piperidine rings is 1. The van der Waals surface area contributed by atoms with Crippen LogP contribution in [0.3, 0.4) is 0 Å². The van der Waals surface area contributed by atoms with Crippen LogP contribution in [0.15, 0.2) is 59.6 Å². The molecule has 1 amide bonds. The van der Waals surface area contributed by atoms with E-state index in [-0.39, 0.29) is 17.5 Å². The van der Waals surface area contributed by atoms with Gasteiger partial charge in [0.25, 0.3) is 10.0 Å². The first-order valence-corrected chi connectivity index (χ1v) is 17.9. The van der Waals surface area contributed by atoms with Gasteiger partial charge in [-0.15, -0.1) is 11.3 Å². The summed E-state index contributed by atoms with van der Waals surface area (Å²) in [4.78, 5) is 24.1. The Kier molecular flexibility index (Phi) is 9.63. The van der Waals surface area contributed by atoms with E-state index in [1.165, 1.54) is 54.3 Å². The molecule has 254 valence electrons. The van der Waals surface area contributed by atoms with E-state index in [4.69, 9.17) is 4.98 Å².